The van der Waals surface area contributed by atoms with E-state index in [2.05, 4.69) is 15.9 Å². The smallest absolute Gasteiger partial charge is 0.132 e. The number of hydrogen-bond acceptors (Lipinski definition) is 2. The summed E-state index contributed by atoms with van der Waals surface area (Å²) in [5, 5.41) is 0.703. The van der Waals surface area contributed by atoms with Crippen molar-refractivity contribution in [3.63, 3.8) is 0 Å². The van der Waals surface area contributed by atoms with Crippen LogP contribution in [0.25, 0.3) is 5.57 Å². The number of hydrogen-bond donors (Lipinski definition) is 0. The molecule has 4 heteroatoms. The molecule has 0 bridgehead atoms. The molecule has 0 aliphatic carbocycles. The average Bonchev–Trinajstić information content (AvgIpc) is 2.53. The summed E-state index contributed by atoms with van der Waals surface area (Å²) in [6, 6.07) is 13.8. The first-order chi connectivity index (χ1) is 10.7. The molecule has 112 valence electrons. The number of carbonyl (C=O) groups is 1. The normalized spacial score (nSPS) is 16.9. The molecule has 0 spiro atoms. The highest BCUT2D eigenvalue weighted by molar-refractivity contribution is 9.09. The van der Waals surface area contributed by atoms with Gasteiger partial charge in [-0.15, -0.1) is 0 Å². The first kappa shape index (κ1) is 15.0. The molecule has 0 aromatic heterocycles. The van der Waals surface area contributed by atoms with Crippen molar-refractivity contribution in [2.24, 2.45) is 0 Å². The van der Waals surface area contributed by atoms with E-state index >= 15 is 0 Å². The second-order valence-corrected chi connectivity index (χ2v) is 5.83. The van der Waals surface area contributed by atoms with Crippen LogP contribution in [-0.4, -0.2) is 11.6 Å². The van der Waals surface area contributed by atoms with Crippen molar-refractivity contribution in [2.75, 3.05) is 5.33 Å². The number of para-hydroxylation sites is 1. The maximum atomic E-state index is 13.6. The van der Waals surface area contributed by atoms with E-state index in [9.17, 15) is 9.18 Å². The first-order valence-electron chi connectivity index (χ1n) is 7.01. The Labute approximate surface area is 136 Å². The van der Waals surface area contributed by atoms with Crippen LogP contribution >= 0.6 is 15.9 Å². The lowest BCUT2D eigenvalue weighted by molar-refractivity contribution is -0.108. The van der Waals surface area contributed by atoms with Crippen LogP contribution in [0.15, 0.2) is 54.3 Å². The summed E-state index contributed by atoms with van der Waals surface area (Å²) in [5.74, 6) is 0.626. The van der Waals surface area contributed by atoms with Crippen LogP contribution in [0, 0.1) is 5.82 Å². The van der Waals surface area contributed by atoms with Crippen LogP contribution in [0.1, 0.15) is 23.5 Å². The van der Waals surface area contributed by atoms with Crippen molar-refractivity contribution in [3.8, 4) is 5.75 Å². The zero-order chi connectivity index (χ0) is 15.5. The Morgan fingerprint density at radius 1 is 1.18 bits per heavy atom. The maximum Gasteiger partial charge on any atom is 0.132 e. The predicted octanol–water partition coefficient (Wildman–Crippen LogP) is 4.70. The molecule has 2 nitrogen and oxygen atoms in total. The fourth-order valence-corrected chi connectivity index (χ4v) is 3.12. The molecule has 0 fully saturated rings. The Morgan fingerprint density at radius 2 is 2.00 bits per heavy atom. The number of benzene rings is 2. The van der Waals surface area contributed by atoms with Gasteiger partial charge in [0.2, 0.25) is 0 Å². The summed E-state index contributed by atoms with van der Waals surface area (Å²) in [6.45, 7) is 0. The zero-order valence-corrected chi connectivity index (χ0v) is 13.3. The summed E-state index contributed by atoms with van der Waals surface area (Å²) in [5.41, 5.74) is 2.24. The van der Waals surface area contributed by atoms with E-state index in [1.54, 1.807) is 12.1 Å². The number of aldehydes is 1. The van der Waals surface area contributed by atoms with Gasteiger partial charge in [-0.1, -0.05) is 46.3 Å². The molecule has 0 saturated carbocycles. The van der Waals surface area contributed by atoms with Gasteiger partial charge in [-0.05, 0) is 23.8 Å². The van der Waals surface area contributed by atoms with Crippen molar-refractivity contribution in [1.29, 1.82) is 0 Å². The van der Waals surface area contributed by atoms with Gasteiger partial charge in [0.15, 0.2) is 0 Å². The molecule has 0 amide bonds. The van der Waals surface area contributed by atoms with E-state index in [1.807, 2.05) is 24.3 Å². The molecule has 1 aliphatic rings. The summed E-state index contributed by atoms with van der Waals surface area (Å²) in [7, 11) is 0. The highest BCUT2D eigenvalue weighted by atomic mass is 79.9. The largest absolute Gasteiger partial charge is 0.461 e. The van der Waals surface area contributed by atoms with Gasteiger partial charge < -0.3 is 9.53 Å². The summed E-state index contributed by atoms with van der Waals surface area (Å²) in [6.07, 6.45) is 1.53. The number of rotatable bonds is 4. The third-order valence-corrected chi connectivity index (χ3v) is 4.09. The predicted molar refractivity (Wildman–Crippen MR) is 87.6 cm³/mol. The second-order valence-electron chi connectivity index (χ2n) is 5.04. The van der Waals surface area contributed by atoms with Gasteiger partial charge in [-0.25, -0.2) is 4.39 Å². The van der Waals surface area contributed by atoms with Gasteiger partial charge in [0, 0.05) is 22.9 Å². The molecular weight excluding hydrogens is 347 g/mol. The van der Waals surface area contributed by atoms with Crippen molar-refractivity contribution >= 4 is 27.8 Å². The molecule has 1 atom stereocenters. The van der Waals surface area contributed by atoms with Crippen molar-refractivity contribution in [3.05, 3.63) is 71.2 Å². The van der Waals surface area contributed by atoms with Crippen LogP contribution in [0.5, 0.6) is 5.75 Å². The Kier molecular flexibility index (Phi) is 4.39. The molecule has 0 radical (unpaired) electrons. The lowest BCUT2D eigenvalue weighted by Gasteiger charge is -2.28. The third-order valence-electron chi connectivity index (χ3n) is 3.69. The molecular formula is C18H14BrFO2. The fraction of sp³-hybridized carbons (Fsp3) is 0.167. The first-order valence-corrected chi connectivity index (χ1v) is 8.13. The number of ether oxygens (including phenoxy) is 1. The molecule has 1 aliphatic heterocycles. The number of alkyl halides is 1. The highest BCUT2D eigenvalue weighted by Gasteiger charge is 2.30. The summed E-state index contributed by atoms with van der Waals surface area (Å²) >= 11 is 3.40. The van der Waals surface area contributed by atoms with E-state index in [1.165, 1.54) is 12.1 Å². The lowest BCUT2D eigenvalue weighted by atomic mass is 9.84. The molecule has 2 aromatic rings. The van der Waals surface area contributed by atoms with Crippen LogP contribution in [-0.2, 0) is 4.79 Å². The number of halogens is 2. The Hall–Kier alpha value is -1.94. The van der Waals surface area contributed by atoms with Crippen LogP contribution in [0.3, 0.4) is 0 Å². The van der Waals surface area contributed by atoms with Gasteiger partial charge in [0.05, 0.1) is 5.92 Å². The SMILES string of the molecule is O=CC1C(c2cccc(F)c2)=C(CCBr)Oc2ccccc21. The number of fused-ring (bicyclic) bond motifs is 1. The van der Waals surface area contributed by atoms with E-state index in [4.69, 9.17) is 4.74 Å². The molecule has 2 aromatic carbocycles. The fourth-order valence-electron chi connectivity index (χ4n) is 2.76. The number of allylic oxidation sites excluding steroid dienone is 2. The summed E-state index contributed by atoms with van der Waals surface area (Å²) < 4.78 is 19.6. The monoisotopic (exact) mass is 360 g/mol. The van der Waals surface area contributed by atoms with Crippen molar-refractivity contribution in [2.45, 2.75) is 12.3 Å². The van der Waals surface area contributed by atoms with Gasteiger partial charge in [0.1, 0.15) is 23.6 Å². The van der Waals surface area contributed by atoms with Crippen molar-refractivity contribution < 1.29 is 13.9 Å². The van der Waals surface area contributed by atoms with E-state index in [0.717, 1.165) is 17.4 Å². The minimum absolute atomic E-state index is 0.327. The standard InChI is InChI=1S/C18H14BrFO2/c19-9-8-17-18(12-4-3-5-13(20)10-12)15(11-21)14-6-1-2-7-16(14)22-17/h1-7,10-11,15H,8-9H2. The molecule has 22 heavy (non-hydrogen) atoms. The van der Waals surface area contributed by atoms with Gasteiger partial charge in [-0.3, -0.25) is 0 Å². The molecule has 1 heterocycles. The average molecular weight is 361 g/mol. The Bertz CT molecular complexity index is 739. The highest BCUT2D eigenvalue weighted by Crippen LogP contribution is 2.43. The summed E-state index contributed by atoms with van der Waals surface area (Å²) in [4.78, 5) is 11.7. The van der Waals surface area contributed by atoms with E-state index in [0.29, 0.717) is 28.8 Å². The molecule has 3 rings (SSSR count). The van der Waals surface area contributed by atoms with Gasteiger partial charge in [0.25, 0.3) is 0 Å². The van der Waals surface area contributed by atoms with Crippen LogP contribution in [0.2, 0.25) is 0 Å². The third kappa shape index (κ3) is 2.71. The maximum absolute atomic E-state index is 13.6. The molecule has 0 N–H and O–H groups in total. The second kappa shape index (κ2) is 6.44. The zero-order valence-electron chi connectivity index (χ0n) is 11.8. The minimum atomic E-state index is -0.444. The number of carbonyl (C=O) groups excluding carboxylic acids is 1. The van der Waals surface area contributed by atoms with Crippen LogP contribution < -0.4 is 4.74 Å². The van der Waals surface area contributed by atoms with Gasteiger partial charge >= 0.3 is 0 Å². The quantitative estimate of drug-likeness (QED) is 0.583. The molecule has 0 saturated heterocycles. The Balaban J connectivity index is 2.19. The van der Waals surface area contributed by atoms with Crippen LogP contribution in [0.4, 0.5) is 4.39 Å². The van der Waals surface area contributed by atoms with Crippen molar-refractivity contribution in [1.82, 2.24) is 0 Å². The molecule has 1 unspecified atom stereocenters. The minimum Gasteiger partial charge on any atom is -0.461 e. The lowest BCUT2D eigenvalue weighted by Crippen LogP contribution is -2.16. The van der Waals surface area contributed by atoms with E-state index < -0.39 is 5.92 Å². The topological polar surface area (TPSA) is 26.3 Å². The van der Waals surface area contributed by atoms with Gasteiger partial charge in [-0.2, -0.15) is 0 Å². The van der Waals surface area contributed by atoms with E-state index in [-0.39, 0.29) is 5.82 Å². The Morgan fingerprint density at radius 3 is 2.73 bits per heavy atom.